The maximum absolute atomic E-state index is 12.4. The summed E-state index contributed by atoms with van der Waals surface area (Å²) in [6, 6.07) is 13.7. The summed E-state index contributed by atoms with van der Waals surface area (Å²) in [7, 11) is 1.57. The van der Waals surface area contributed by atoms with Gasteiger partial charge in [-0.3, -0.25) is 5.32 Å². The van der Waals surface area contributed by atoms with E-state index < -0.39 is 12.1 Å². The largest absolute Gasteiger partial charge is 0.496 e. The van der Waals surface area contributed by atoms with Crippen LogP contribution in [0.3, 0.4) is 0 Å². The van der Waals surface area contributed by atoms with Crippen LogP contribution in [0.5, 0.6) is 5.75 Å². The highest BCUT2D eigenvalue weighted by molar-refractivity contribution is 5.91. The first-order chi connectivity index (χ1) is 17.0. The van der Waals surface area contributed by atoms with Crippen LogP contribution in [-0.2, 0) is 11.2 Å². The summed E-state index contributed by atoms with van der Waals surface area (Å²) < 4.78 is 13.5. The Morgan fingerprint density at radius 1 is 1.00 bits per heavy atom. The molecule has 1 heterocycles. The molecule has 2 fully saturated rings. The zero-order chi connectivity index (χ0) is 24.4. The standard InChI is InChI=1S/C28H32N2O5/c1-34-26-17-19(27(31)32)11-10-18(26)15-23-16-20-14-21(29-28(33)35-24-8-4-5-9-24)12-13-25(20)30(23)22-6-2-3-7-22/h10-14,16-17,22,24H,2-9,15H2,1H3,(H,29,33)(H,31,32). The van der Waals surface area contributed by atoms with Gasteiger partial charge in [-0.25, -0.2) is 9.59 Å². The highest BCUT2D eigenvalue weighted by Gasteiger charge is 2.23. The van der Waals surface area contributed by atoms with E-state index in [0.717, 1.165) is 66.4 Å². The second kappa shape index (κ2) is 10.0. The first-order valence-corrected chi connectivity index (χ1v) is 12.5. The van der Waals surface area contributed by atoms with Crippen molar-refractivity contribution in [1.29, 1.82) is 0 Å². The molecule has 2 N–H and O–H groups in total. The van der Waals surface area contributed by atoms with Crippen LogP contribution in [0.4, 0.5) is 10.5 Å². The molecule has 2 aliphatic carbocycles. The van der Waals surface area contributed by atoms with Crippen LogP contribution in [0.25, 0.3) is 10.9 Å². The molecule has 7 nitrogen and oxygen atoms in total. The molecule has 0 saturated heterocycles. The van der Waals surface area contributed by atoms with E-state index in [9.17, 15) is 14.7 Å². The van der Waals surface area contributed by atoms with E-state index in [4.69, 9.17) is 9.47 Å². The predicted octanol–water partition coefficient (Wildman–Crippen LogP) is 6.55. The Morgan fingerprint density at radius 2 is 1.74 bits per heavy atom. The molecule has 0 aliphatic heterocycles. The number of anilines is 1. The molecule has 0 unspecified atom stereocenters. The van der Waals surface area contributed by atoms with Gasteiger partial charge >= 0.3 is 12.1 Å². The number of carboxylic acids is 1. The van der Waals surface area contributed by atoms with Gasteiger partial charge in [-0.05, 0) is 74.9 Å². The summed E-state index contributed by atoms with van der Waals surface area (Å²) in [4.78, 5) is 23.8. The molecule has 0 bridgehead atoms. The Morgan fingerprint density at radius 3 is 2.46 bits per heavy atom. The Balaban J connectivity index is 1.45. The van der Waals surface area contributed by atoms with Crippen LogP contribution < -0.4 is 10.1 Å². The van der Waals surface area contributed by atoms with Crippen molar-refractivity contribution in [3.63, 3.8) is 0 Å². The summed E-state index contributed by atoms with van der Waals surface area (Å²) in [5, 5.41) is 13.3. The van der Waals surface area contributed by atoms with Crippen LogP contribution in [0.15, 0.2) is 42.5 Å². The van der Waals surface area contributed by atoms with Crippen LogP contribution in [0, 0.1) is 0 Å². The number of methoxy groups -OCH3 is 1. The third kappa shape index (κ3) is 4.99. The number of benzene rings is 2. The van der Waals surface area contributed by atoms with Crippen LogP contribution in [-0.4, -0.2) is 34.9 Å². The van der Waals surface area contributed by atoms with Gasteiger partial charge in [0.1, 0.15) is 11.9 Å². The van der Waals surface area contributed by atoms with Gasteiger partial charge in [0.2, 0.25) is 0 Å². The monoisotopic (exact) mass is 476 g/mol. The molecule has 5 rings (SSSR count). The van der Waals surface area contributed by atoms with E-state index in [1.807, 2.05) is 18.2 Å². The number of amides is 1. The van der Waals surface area contributed by atoms with Gasteiger partial charge < -0.3 is 19.1 Å². The lowest BCUT2D eigenvalue weighted by Gasteiger charge is -2.19. The van der Waals surface area contributed by atoms with E-state index in [-0.39, 0.29) is 11.7 Å². The number of carboxylic acid groups (broad SMARTS) is 1. The minimum absolute atomic E-state index is 0.0243. The second-order valence-electron chi connectivity index (χ2n) is 9.66. The number of aromatic nitrogens is 1. The zero-order valence-corrected chi connectivity index (χ0v) is 20.1. The van der Waals surface area contributed by atoms with Gasteiger partial charge in [-0.1, -0.05) is 18.9 Å². The van der Waals surface area contributed by atoms with Gasteiger partial charge in [-0.2, -0.15) is 0 Å². The van der Waals surface area contributed by atoms with Crippen molar-refractivity contribution in [1.82, 2.24) is 4.57 Å². The highest BCUT2D eigenvalue weighted by atomic mass is 16.6. The van der Waals surface area contributed by atoms with E-state index >= 15 is 0 Å². The van der Waals surface area contributed by atoms with Crippen molar-refractivity contribution in [3.8, 4) is 5.75 Å². The Labute approximate surface area is 205 Å². The number of fused-ring (bicyclic) bond motifs is 1. The smallest absolute Gasteiger partial charge is 0.411 e. The third-order valence-corrected chi connectivity index (χ3v) is 7.34. The number of rotatable bonds is 7. The molecule has 7 heteroatoms. The average Bonchev–Trinajstić information content (AvgIpc) is 3.60. The molecule has 0 radical (unpaired) electrons. The fraction of sp³-hybridized carbons (Fsp3) is 0.429. The van der Waals surface area contributed by atoms with Crippen LogP contribution in [0.1, 0.15) is 79.0 Å². The molecular weight excluding hydrogens is 444 g/mol. The summed E-state index contributed by atoms with van der Waals surface area (Å²) in [5.41, 5.74) is 4.17. The van der Waals surface area contributed by atoms with Crippen molar-refractivity contribution in [2.45, 2.75) is 69.9 Å². The van der Waals surface area contributed by atoms with Crippen LogP contribution >= 0.6 is 0 Å². The molecule has 184 valence electrons. The average molecular weight is 477 g/mol. The highest BCUT2D eigenvalue weighted by Crippen LogP contribution is 2.37. The summed E-state index contributed by atoms with van der Waals surface area (Å²) in [5.74, 6) is -0.397. The normalized spacial score (nSPS) is 16.6. The van der Waals surface area contributed by atoms with E-state index in [0.29, 0.717) is 18.2 Å². The number of aromatic carboxylic acids is 1. The van der Waals surface area contributed by atoms with Gasteiger partial charge in [-0.15, -0.1) is 0 Å². The van der Waals surface area contributed by atoms with Gasteiger partial charge in [0.15, 0.2) is 0 Å². The minimum Gasteiger partial charge on any atom is -0.496 e. The Bertz CT molecular complexity index is 1240. The molecule has 2 aromatic carbocycles. The second-order valence-corrected chi connectivity index (χ2v) is 9.66. The third-order valence-electron chi connectivity index (χ3n) is 7.34. The van der Waals surface area contributed by atoms with E-state index in [1.54, 1.807) is 19.2 Å². The Kier molecular flexibility index (Phi) is 6.66. The number of ether oxygens (including phenoxy) is 2. The van der Waals surface area contributed by atoms with Gasteiger partial charge in [0.25, 0.3) is 0 Å². The zero-order valence-electron chi connectivity index (χ0n) is 20.1. The van der Waals surface area contributed by atoms with Gasteiger partial charge in [0.05, 0.1) is 12.7 Å². The number of carbonyl (C=O) groups excluding carboxylic acids is 1. The maximum atomic E-state index is 12.4. The fourth-order valence-corrected chi connectivity index (χ4v) is 5.62. The first kappa shape index (κ1) is 23.3. The molecule has 35 heavy (non-hydrogen) atoms. The summed E-state index contributed by atoms with van der Waals surface area (Å²) in [6.45, 7) is 0. The lowest BCUT2D eigenvalue weighted by Crippen LogP contribution is -2.20. The van der Waals surface area contributed by atoms with Crippen LogP contribution in [0.2, 0.25) is 0 Å². The van der Waals surface area contributed by atoms with E-state index in [2.05, 4.69) is 22.0 Å². The number of carbonyl (C=O) groups is 2. The molecule has 0 spiro atoms. The number of nitrogens with zero attached hydrogens (tertiary/aromatic N) is 1. The fourth-order valence-electron chi connectivity index (χ4n) is 5.62. The maximum Gasteiger partial charge on any atom is 0.411 e. The first-order valence-electron chi connectivity index (χ1n) is 12.5. The van der Waals surface area contributed by atoms with Gasteiger partial charge in [0, 0.05) is 40.3 Å². The molecule has 1 amide bonds. The van der Waals surface area contributed by atoms with Crippen molar-refractivity contribution in [2.24, 2.45) is 0 Å². The molecular formula is C28H32N2O5. The Hall–Kier alpha value is -3.48. The lowest BCUT2D eigenvalue weighted by atomic mass is 10.0. The minimum atomic E-state index is -0.971. The quantitative estimate of drug-likeness (QED) is 0.404. The number of nitrogens with one attached hydrogen (secondary N) is 1. The lowest BCUT2D eigenvalue weighted by molar-refractivity contribution is 0.0696. The molecule has 2 aliphatic rings. The van der Waals surface area contributed by atoms with E-state index in [1.165, 1.54) is 12.8 Å². The van der Waals surface area contributed by atoms with Crippen molar-refractivity contribution in [3.05, 3.63) is 59.3 Å². The topological polar surface area (TPSA) is 89.8 Å². The van der Waals surface area contributed by atoms with Crippen molar-refractivity contribution < 1.29 is 24.2 Å². The number of hydrogen-bond acceptors (Lipinski definition) is 4. The SMILES string of the molecule is COc1cc(C(=O)O)ccc1Cc1cc2cc(NC(=O)OC3CCCC3)ccc2n1C1CCCC1. The molecule has 2 saturated carbocycles. The van der Waals surface area contributed by atoms with Crippen molar-refractivity contribution >= 4 is 28.7 Å². The predicted molar refractivity (Wildman–Crippen MR) is 135 cm³/mol. The molecule has 0 atom stereocenters. The summed E-state index contributed by atoms with van der Waals surface area (Å²) >= 11 is 0. The number of hydrogen-bond donors (Lipinski definition) is 2. The summed E-state index contributed by atoms with van der Waals surface area (Å²) in [6.07, 6.45) is 9.08. The van der Waals surface area contributed by atoms with Crippen molar-refractivity contribution in [2.75, 3.05) is 12.4 Å². The molecule has 1 aromatic heterocycles. The molecule has 3 aromatic rings.